The Bertz CT molecular complexity index is 1470. The van der Waals surface area contributed by atoms with Crippen molar-refractivity contribution in [2.24, 2.45) is 0 Å². The fraction of sp³-hybridized carbons (Fsp3) is 0.111. The molecule has 0 saturated carbocycles. The topological polar surface area (TPSA) is 91.4 Å². The van der Waals surface area contributed by atoms with E-state index < -0.39 is 6.04 Å². The molecule has 1 atom stereocenters. The second-order valence-corrected chi connectivity index (χ2v) is 8.79. The van der Waals surface area contributed by atoms with E-state index in [9.17, 15) is 14.4 Å². The van der Waals surface area contributed by atoms with Crippen molar-refractivity contribution in [1.82, 2.24) is 9.88 Å². The van der Waals surface area contributed by atoms with Gasteiger partial charge in [0.2, 0.25) is 5.91 Å². The molecule has 3 aromatic carbocycles. The highest BCUT2D eigenvalue weighted by Gasteiger charge is 2.32. The van der Waals surface area contributed by atoms with Gasteiger partial charge in [-0.3, -0.25) is 14.4 Å². The van der Waals surface area contributed by atoms with Gasteiger partial charge < -0.3 is 15.5 Å². The average Bonchev–Trinajstić information content (AvgIpc) is 2.94. The van der Waals surface area contributed by atoms with Crippen molar-refractivity contribution >= 4 is 51.6 Å². The molecule has 0 radical (unpaired) electrons. The molecule has 1 aliphatic heterocycles. The third-order valence-electron chi connectivity index (χ3n) is 6.02. The van der Waals surface area contributed by atoms with Crippen LogP contribution in [0.15, 0.2) is 79.0 Å². The maximum absolute atomic E-state index is 13.2. The number of hydrogen-bond acceptors (Lipinski definition) is 4. The summed E-state index contributed by atoms with van der Waals surface area (Å²) in [6.45, 7) is 1.89. The molecule has 1 aromatic heterocycles. The van der Waals surface area contributed by atoms with Gasteiger partial charge in [-0.15, -0.1) is 0 Å². The van der Waals surface area contributed by atoms with Gasteiger partial charge in [0.1, 0.15) is 11.9 Å². The van der Waals surface area contributed by atoms with E-state index in [0.29, 0.717) is 27.7 Å². The van der Waals surface area contributed by atoms with Crippen LogP contribution in [0, 0.1) is 0 Å². The van der Waals surface area contributed by atoms with E-state index in [4.69, 9.17) is 11.6 Å². The number of anilines is 2. The first-order valence-corrected chi connectivity index (χ1v) is 11.4. The van der Waals surface area contributed by atoms with Crippen LogP contribution in [0.3, 0.4) is 0 Å². The molecule has 35 heavy (non-hydrogen) atoms. The zero-order valence-electron chi connectivity index (χ0n) is 18.8. The lowest BCUT2D eigenvalue weighted by Gasteiger charge is -2.26. The van der Waals surface area contributed by atoms with Gasteiger partial charge in [-0.2, -0.15) is 0 Å². The van der Waals surface area contributed by atoms with Crippen molar-refractivity contribution in [1.29, 1.82) is 0 Å². The van der Waals surface area contributed by atoms with Gasteiger partial charge in [-0.1, -0.05) is 48.0 Å². The Balaban J connectivity index is 1.32. The van der Waals surface area contributed by atoms with Gasteiger partial charge in [-0.25, -0.2) is 4.98 Å². The van der Waals surface area contributed by atoms with Crippen LogP contribution >= 0.6 is 11.6 Å². The minimum Gasteiger partial charge on any atom is -0.324 e. The number of nitrogens with zero attached hydrogens (tertiary/aromatic N) is 2. The molecule has 0 saturated heterocycles. The van der Waals surface area contributed by atoms with Crippen LogP contribution < -0.4 is 10.6 Å². The largest absolute Gasteiger partial charge is 0.324 e. The van der Waals surface area contributed by atoms with Crippen LogP contribution in [0.4, 0.5) is 11.5 Å². The van der Waals surface area contributed by atoms with Gasteiger partial charge in [0.05, 0.1) is 11.3 Å². The summed E-state index contributed by atoms with van der Waals surface area (Å²) in [5.41, 5.74) is 2.02. The summed E-state index contributed by atoms with van der Waals surface area (Å²) >= 11 is 6.03. The number of pyridine rings is 1. The molecule has 0 fully saturated rings. The predicted octanol–water partition coefficient (Wildman–Crippen LogP) is 5.12. The fourth-order valence-electron chi connectivity index (χ4n) is 4.02. The van der Waals surface area contributed by atoms with E-state index in [1.807, 2.05) is 30.3 Å². The Morgan fingerprint density at radius 1 is 1.03 bits per heavy atom. The molecule has 8 heteroatoms. The minimum atomic E-state index is -0.685. The zero-order valence-corrected chi connectivity index (χ0v) is 19.5. The SMILES string of the molecule is CC1C(=O)Nc2cc(Cl)ccc2C(=O)N1Cc1ccc(C(=O)Nc2cc3ccccc3cn2)cc1. The van der Waals surface area contributed by atoms with Crippen molar-refractivity contribution in [3.8, 4) is 0 Å². The van der Waals surface area contributed by atoms with E-state index in [1.54, 1.807) is 55.6 Å². The highest BCUT2D eigenvalue weighted by atomic mass is 35.5. The normalized spacial score (nSPS) is 15.4. The summed E-state index contributed by atoms with van der Waals surface area (Å²) < 4.78 is 0. The van der Waals surface area contributed by atoms with Gasteiger partial charge in [0.15, 0.2) is 0 Å². The summed E-state index contributed by atoms with van der Waals surface area (Å²) in [6, 6.07) is 20.6. The lowest BCUT2D eigenvalue weighted by molar-refractivity contribution is -0.120. The van der Waals surface area contributed by atoms with Crippen molar-refractivity contribution in [3.05, 3.63) is 101 Å². The predicted molar refractivity (Wildman–Crippen MR) is 136 cm³/mol. The van der Waals surface area contributed by atoms with Gasteiger partial charge >= 0.3 is 0 Å². The maximum atomic E-state index is 13.2. The molecule has 1 unspecified atom stereocenters. The number of hydrogen-bond donors (Lipinski definition) is 2. The molecule has 5 rings (SSSR count). The van der Waals surface area contributed by atoms with Gasteiger partial charge in [0.25, 0.3) is 11.8 Å². The number of benzene rings is 3. The third-order valence-corrected chi connectivity index (χ3v) is 6.25. The van der Waals surface area contributed by atoms with E-state index in [2.05, 4.69) is 15.6 Å². The summed E-state index contributed by atoms with van der Waals surface area (Å²) in [4.78, 5) is 44.4. The van der Waals surface area contributed by atoms with Crippen LogP contribution in [0.1, 0.15) is 33.2 Å². The van der Waals surface area contributed by atoms with Crippen molar-refractivity contribution in [3.63, 3.8) is 0 Å². The maximum Gasteiger partial charge on any atom is 0.256 e. The second kappa shape index (κ2) is 9.19. The number of amides is 3. The Labute approximate surface area is 206 Å². The average molecular weight is 485 g/mol. The van der Waals surface area contributed by atoms with Crippen LogP contribution in [-0.2, 0) is 11.3 Å². The molecular weight excluding hydrogens is 464 g/mol. The van der Waals surface area contributed by atoms with Gasteiger partial charge in [0, 0.05) is 28.7 Å². The fourth-order valence-corrected chi connectivity index (χ4v) is 4.20. The Hall–Kier alpha value is -4.23. The molecule has 1 aliphatic rings. The molecule has 0 spiro atoms. The molecule has 0 aliphatic carbocycles. The molecule has 7 nitrogen and oxygen atoms in total. The van der Waals surface area contributed by atoms with E-state index >= 15 is 0 Å². The Morgan fingerprint density at radius 2 is 1.77 bits per heavy atom. The number of carbonyl (C=O) groups is 3. The molecule has 3 amide bonds. The van der Waals surface area contributed by atoms with E-state index in [1.165, 1.54) is 4.90 Å². The first-order valence-electron chi connectivity index (χ1n) is 11.1. The van der Waals surface area contributed by atoms with E-state index in [-0.39, 0.29) is 24.3 Å². The van der Waals surface area contributed by atoms with Crippen molar-refractivity contribution < 1.29 is 14.4 Å². The summed E-state index contributed by atoms with van der Waals surface area (Å²) in [5.74, 6) is -0.389. The molecule has 2 heterocycles. The molecule has 4 aromatic rings. The molecule has 2 N–H and O–H groups in total. The number of nitrogens with one attached hydrogen (secondary N) is 2. The number of aromatic nitrogens is 1. The zero-order chi connectivity index (χ0) is 24.5. The number of carbonyl (C=O) groups excluding carboxylic acids is 3. The summed E-state index contributed by atoms with van der Waals surface area (Å²) in [6.07, 6.45) is 1.72. The monoisotopic (exact) mass is 484 g/mol. The van der Waals surface area contributed by atoms with E-state index in [0.717, 1.165) is 16.3 Å². The number of halogens is 1. The Morgan fingerprint density at radius 3 is 2.54 bits per heavy atom. The van der Waals surface area contributed by atoms with Crippen molar-refractivity contribution in [2.75, 3.05) is 10.6 Å². The number of fused-ring (bicyclic) bond motifs is 2. The Kier molecular flexibility index (Phi) is 5.93. The first kappa shape index (κ1) is 22.6. The number of rotatable bonds is 4. The second-order valence-electron chi connectivity index (χ2n) is 8.36. The lowest BCUT2D eigenvalue weighted by Crippen LogP contribution is -2.42. The molecular formula is C27H21ClN4O3. The quantitative estimate of drug-likeness (QED) is 0.420. The summed E-state index contributed by atoms with van der Waals surface area (Å²) in [7, 11) is 0. The standard InChI is InChI=1S/C27H21ClN4O3/c1-16-25(33)30-23-13-21(28)10-11-22(23)27(35)32(16)15-17-6-8-18(9-7-17)26(34)31-24-12-19-4-2-3-5-20(19)14-29-24/h2-14,16H,15H2,1H3,(H,30,33)(H,29,31,34). The lowest BCUT2D eigenvalue weighted by atomic mass is 10.1. The molecule has 174 valence electrons. The first-order chi connectivity index (χ1) is 16.9. The van der Waals surface area contributed by atoms with Crippen LogP contribution in [0.5, 0.6) is 0 Å². The van der Waals surface area contributed by atoms with Crippen LogP contribution in [0.25, 0.3) is 10.8 Å². The minimum absolute atomic E-state index is 0.212. The summed E-state index contributed by atoms with van der Waals surface area (Å²) in [5, 5.41) is 8.00. The van der Waals surface area contributed by atoms with Crippen LogP contribution in [-0.4, -0.2) is 33.6 Å². The highest BCUT2D eigenvalue weighted by molar-refractivity contribution is 6.31. The third kappa shape index (κ3) is 4.58. The highest BCUT2D eigenvalue weighted by Crippen LogP contribution is 2.27. The van der Waals surface area contributed by atoms with Crippen molar-refractivity contribution in [2.45, 2.75) is 19.5 Å². The van der Waals surface area contributed by atoms with Gasteiger partial charge in [-0.05, 0) is 54.3 Å². The van der Waals surface area contributed by atoms with Crippen LogP contribution in [0.2, 0.25) is 5.02 Å². The smallest absolute Gasteiger partial charge is 0.256 e. The molecule has 0 bridgehead atoms.